The van der Waals surface area contributed by atoms with Crippen LogP contribution in [0, 0.1) is 6.92 Å². The normalized spacial score (nSPS) is 11.6. The van der Waals surface area contributed by atoms with E-state index in [9.17, 15) is 9.59 Å². The molecule has 0 aliphatic carbocycles. The number of aliphatic carboxylic acids is 1. The number of rotatable bonds is 5. The molecule has 0 aliphatic rings. The Balaban J connectivity index is 2.08. The lowest BCUT2D eigenvalue weighted by molar-refractivity contribution is -0.144. The lowest BCUT2D eigenvalue weighted by atomic mass is 10.1. The third-order valence-corrected chi connectivity index (χ3v) is 3.70. The molecular weight excluding hydrogens is 318 g/mol. The third-order valence-electron chi connectivity index (χ3n) is 3.29. The molecule has 0 saturated carbocycles. The lowest BCUT2D eigenvalue weighted by Crippen LogP contribution is -2.22. The minimum atomic E-state index is -1.05. The highest BCUT2D eigenvalue weighted by Gasteiger charge is 2.13. The molecule has 2 aromatic carbocycles. The van der Waals surface area contributed by atoms with Crippen LogP contribution in [0.15, 0.2) is 42.5 Å². The summed E-state index contributed by atoms with van der Waals surface area (Å²) < 4.78 is 5.21. The Labute approximate surface area is 138 Å². The molecular formula is C17H16ClNO4. The van der Waals surface area contributed by atoms with Gasteiger partial charge in [-0.25, -0.2) is 4.79 Å². The molecule has 23 heavy (non-hydrogen) atoms. The van der Waals surface area contributed by atoms with Crippen LogP contribution in [0.4, 0.5) is 5.69 Å². The van der Waals surface area contributed by atoms with E-state index in [4.69, 9.17) is 21.4 Å². The van der Waals surface area contributed by atoms with Crippen molar-refractivity contribution in [2.24, 2.45) is 0 Å². The van der Waals surface area contributed by atoms with E-state index < -0.39 is 12.1 Å². The predicted octanol–water partition coefficient (Wildman–Crippen LogP) is 3.75. The van der Waals surface area contributed by atoms with E-state index in [0.29, 0.717) is 22.0 Å². The molecule has 2 N–H and O–H groups in total. The molecule has 120 valence electrons. The first-order valence-electron chi connectivity index (χ1n) is 6.94. The second-order valence-electron chi connectivity index (χ2n) is 4.99. The molecule has 0 aliphatic heterocycles. The number of carboxylic acid groups (broad SMARTS) is 1. The van der Waals surface area contributed by atoms with Crippen molar-refractivity contribution in [3.05, 3.63) is 58.6 Å². The zero-order chi connectivity index (χ0) is 17.0. The molecule has 0 radical (unpaired) electrons. The molecule has 0 spiro atoms. The van der Waals surface area contributed by atoms with Gasteiger partial charge in [-0.15, -0.1) is 0 Å². The van der Waals surface area contributed by atoms with Gasteiger partial charge in [0.25, 0.3) is 5.91 Å². The van der Waals surface area contributed by atoms with Crippen LogP contribution in [0.2, 0.25) is 5.02 Å². The molecule has 0 bridgehead atoms. The molecule has 0 fully saturated rings. The summed E-state index contributed by atoms with van der Waals surface area (Å²) in [5.41, 5.74) is 1.86. The quantitative estimate of drug-likeness (QED) is 0.873. The zero-order valence-electron chi connectivity index (χ0n) is 12.7. The molecule has 0 heterocycles. The average molecular weight is 334 g/mol. The minimum Gasteiger partial charge on any atom is -0.479 e. The fourth-order valence-electron chi connectivity index (χ4n) is 1.88. The summed E-state index contributed by atoms with van der Waals surface area (Å²) in [4.78, 5) is 23.0. The van der Waals surface area contributed by atoms with E-state index in [-0.39, 0.29) is 5.91 Å². The highest BCUT2D eigenvalue weighted by molar-refractivity contribution is 6.31. The Bertz CT molecular complexity index is 728. The number of carbonyl (C=O) groups excluding carboxylic acids is 1. The molecule has 0 unspecified atom stereocenters. The maximum atomic E-state index is 12.2. The van der Waals surface area contributed by atoms with Gasteiger partial charge in [0.05, 0.1) is 0 Å². The van der Waals surface area contributed by atoms with Gasteiger partial charge in [0.1, 0.15) is 5.75 Å². The van der Waals surface area contributed by atoms with Crippen molar-refractivity contribution in [3.8, 4) is 5.75 Å². The fraction of sp³-hybridized carbons (Fsp3) is 0.176. The van der Waals surface area contributed by atoms with Crippen molar-refractivity contribution in [2.75, 3.05) is 5.32 Å². The average Bonchev–Trinajstić information content (AvgIpc) is 2.52. The van der Waals surface area contributed by atoms with Crippen LogP contribution in [-0.2, 0) is 4.79 Å². The van der Waals surface area contributed by atoms with Crippen molar-refractivity contribution in [3.63, 3.8) is 0 Å². The number of carbonyl (C=O) groups is 2. The predicted molar refractivity (Wildman–Crippen MR) is 88.3 cm³/mol. The van der Waals surface area contributed by atoms with Crippen LogP contribution in [0.5, 0.6) is 5.75 Å². The monoisotopic (exact) mass is 333 g/mol. The van der Waals surface area contributed by atoms with Crippen molar-refractivity contribution in [1.29, 1.82) is 0 Å². The van der Waals surface area contributed by atoms with Crippen molar-refractivity contribution in [2.45, 2.75) is 20.0 Å². The molecule has 1 amide bonds. The first kappa shape index (κ1) is 16.8. The van der Waals surface area contributed by atoms with Gasteiger partial charge in [0, 0.05) is 16.3 Å². The van der Waals surface area contributed by atoms with E-state index in [1.54, 1.807) is 42.5 Å². The van der Waals surface area contributed by atoms with Gasteiger partial charge in [-0.05, 0) is 55.8 Å². The van der Waals surface area contributed by atoms with Crippen LogP contribution in [0.3, 0.4) is 0 Å². The van der Waals surface area contributed by atoms with E-state index >= 15 is 0 Å². The summed E-state index contributed by atoms with van der Waals surface area (Å²) in [6.45, 7) is 3.26. The van der Waals surface area contributed by atoms with Crippen molar-refractivity contribution in [1.82, 2.24) is 0 Å². The van der Waals surface area contributed by atoms with Gasteiger partial charge in [0.2, 0.25) is 0 Å². The fourth-order valence-corrected chi connectivity index (χ4v) is 2.05. The molecule has 2 rings (SSSR count). The number of nitrogens with one attached hydrogen (secondary N) is 1. The summed E-state index contributed by atoms with van der Waals surface area (Å²) in [5, 5.41) is 12.2. The van der Waals surface area contributed by atoms with Gasteiger partial charge in [-0.1, -0.05) is 17.7 Å². The number of hydrogen-bond acceptors (Lipinski definition) is 3. The van der Waals surface area contributed by atoms with Crippen LogP contribution in [0.25, 0.3) is 0 Å². The van der Waals surface area contributed by atoms with Gasteiger partial charge in [-0.2, -0.15) is 0 Å². The summed E-state index contributed by atoms with van der Waals surface area (Å²) in [6.07, 6.45) is -0.955. The zero-order valence-corrected chi connectivity index (χ0v) is 13.4. The number of benzene rings is 2. The van der Waals surface area contributed by atoms with E-state index in [0.717, 1.165) is 5.56 Å². The Morgan fingerprint density at radius 1 is 1.17 bits per heavy atom. The smallest absolute Gasteiger partial charge is 0.344 e. The summed E-state index contributed by atoms with van der Waals surface area (Å²) in [7, 11) is 0. The largest absolute Gasteiger partial charge is 0.479 e. The third kappa shape index (κ3) is 4.23. The highest BCUT2D eigenvalue weighted by Crippen LogP contribution is 2.23. The molecule has 5 nitrogen and oxygen atoms in total. The van der Waals surface area contributed by atoms with Crippen LogP contribution >= 0.6 is 11.6 Å². The van der Waals surface area contributed by atoms with E-state index in [2.05, 4.69) is 5.32 Å². The number of amides is 1. The van der Waals surface area contributed by atoms with Crippen LogP contribution in [0.1, 0.15) is 22.8 Å². The highest BCUT2D eigenvalue weighted by atomic mass is 35.5. The molecule has 0 aromatic heterocycles. The Kier molecular flexibility index (Phi) is 5.24. The SMILES string of the molecule is Cc1c(Cl)cccc1NC(=O)c1ccc(O[C@@H](C)C(=O)O)cc1. The Morgan fingerprint density at radius 3 is 2.43 bits per heavy atom. The maximum absolute atomic E-state index is 12.2. The summed E-state index contributed by atoms with van der Waals surface area (Å²) >= 11 is 6.02. The van der Waals surface area contributed by atoms with Crippen LogP contribution in [-0.4, -0.2) is 23.1 Å². The summed E-state index contributed by atoms with van der Waals surface area (Å²) in [6, 6.07) is 11.5. The number of ether oxygens (including phenoxy) is 1. The molecule has 2 aromatic rings. The van der Waals surface area contributed by atoms with Crippen LogP contribution < -0.4 is 10.1 Å². The van der Waals surface area contributed by atoms with Gasteiger partial charge in [0.15, 0.2) is 6.10 Å². The van der Waals surface area contributed by atoms with E-state index in [1.165, 1.54) is 6.92 Å². The van der Waals surface area contributed by atoms with Gasteiger partial charge < -0.3 is 15.2 Å². The van der Waals surface area contributed by atoms with Crippen molar-refractivity contribution >= 4 is 29.2 Å². The summed E-state index contributed by atoms with van der Waals surface area (Å²) in [5.74, 6) is -0.952. The minimum absolute atomic E-state index is 0.284. The standard InChI is InChI=1S/C17H16ClNO4/c1-10-14(18)4-3-5-15(10)19-16(20)12-6-8-13(9-7-12)23-11(2)17(21)22/h3-9,11H,1-2H3,(H,19,20)(H,21,22)/t11-/m0/s1. The van der Waals surface area contributed by atoms with E-state index in [1.807, 2.05) is 6.92 Å². The molecule has 0 saturated heterocycles. The first-order valence-corrected chi connectivity index (χ1v) is 7.32. The molecule has 1 atom stereocenters. The maximum Gasteiger partial charge on any atom is 0.344 e. The Hall–Kier alpha value is -2.53. The molecule has 6 heteroatoms. The van der Waals surface area contributed by atoms with Gasteiger partial charge in [-0.3, -0.25) is 4.79 Å². The second-order valence-corrected chi connectivity index (χ2v) is 5.40. The first-order chi connectivity index (χ1) is 10.9. The number of hydrogen-bond donors (Lipinski definition) is 2. The topological polar surface area (TPSA) is 75.6 Å². The van der Waals surface area contributed by atoms with Gasteiger partial charge >= 0.3 is 5.97 Å². The number of halogens is 1. The second kappa shape index (κ2) is 7.15. The Morgan fingerprint density at radius 2 is 1.83 bits per heavy atom. The van der Waals surface area contributed by atoms with Crippen molar-refractivity contribution < 1.29 is 19.4 Å². The number of anilines is 1. The lowest BCUT2D eigenvalue weighted by Gasteiger charge is -2.12. The number of carboxylic acids is 1.